The van der Waals surface area contributed by atoms with E-state index in [1.807, 2.05) is 0 Å². The maximum absolute atomic E-state index is 11.2. The molecule has 0 aliphatic heterocycles. The van der Waals surface area contributed by atoms with Crippen molar-refractivity contribution in [3.8, 4) is 0 Å². The van der Waals surface area contributed by atoms with Crippen LogP contribution in [0.15, 0.2) is 12.2 Å². The fraction of sp³-hybridized carbons (Fsp3) is 0.786. The first kappa shape index (κ1) is 15.2. The van der Waals surface area contributed by atoms with Crippen LogP contribution in [0.1, 0.15) is 59.8 Å². The maximum atomic E-state index is 11.2. The first-order valence-electron chi connectivity index (χ1n) is 6.21. The molecule has 0 amide bonds. The van der Waals surface area contributed by atoms with Gasteiger partial charge in [-0.2, -0.15) is 0 Å². The third-order valence-corrected chi connectivity index (χ3v) is 2.82. The standard InChI is InChI=1S/C14H26O2/c1-6-7-8-9-14(4,5)10-11-16-13(15)12(2)3/h2,6-11H2,1,3-5H3. The molecule has 0 fully saturated rings. The molecule has 0 aliphatic carbocycles. The Morgan fingerprint density at radius 2 is 1.88 bits per heavy atom. The van der Waals surface area contributed by atoms with Crippen molar-refractivity contribution in [2.24, 2.45) is 5.41 Å². The van der Waals surface area contributed by atoms with Crippen molar-refractivity contribution in [1.82, 2.24) is 0 Å². The molecule has 0 aromatic rings. The molecule has 0 rings (SSSR count). The van der Waals surface area contributed by atoms with Crippen molar-refractivity contribution in [2.75, 3.05) is 6.61 Å². The minimum atomic E-state index is -0.274. The largest absolute Gasteiger partial charge is 0.462 e. The van der Waals surface area contributed by atoms with Gasteiger partial charge in [-0.15, -0.1) is 0 Å². The van der Waals surface area contributed by atoms with E-state index in [9.17, 15) is 4.79 Å². The summed E-state index contributed by atoms with van der Waals surface area (Å²) in [5.74, 6) is -0.274. The number of hydrogen-bond donors (Lipinski definition) is 0. The van der Waals surface area contributed by atoms with Gasteiger partial charge in [-0.1, -0.05) is 46.6 Å². The summed E-state index contributed by atoms with van der Waals surface area (Å²) in [5.41, 5.74) is 0.744. The van der Waals surface area contributed by atoms with Gasteiger partial charge in [0.1, 0.15) is 0 Å². The zero-order valence-corrected chi connectivity index (χ0v) is 11.3. The molecule has 0 spiro atoms. The first-order valence-corrected chi connectivity index (χ1v) is 6.21. The summed E-state index contributed by atoms with van der Waals surface area (Å²) >= 11 is 0. The Hall–Kier alpha value is -0.790. The summed E-state index contributed by atoms with van der Waals surface area (Å²) in [6.45, 7) is 12.4. The van der Waals surface area contributed by atoms with E-state index < -0.39 is 0 Å². The van der Waals surface area contributed by atoms with Crippen LogP contribution >= 0.6 is 0 Å². The Balaban J connectivity index is 3.73. The van der Waals surface area contributed by atoms with Crippen molar-refractivity contribution in [2.45, 2.75) is 59.8 Å². The Morgan fingerprint density at radius 3 is 2.38 bits per heavy atom. The normalized spacial score (nSPS) is 11.2. The van der Waals surface area contributed by atoms with Gasteiger partial charge in [0.05, 0.1) is 6.61 Å². The van der Waals surface area contributed by atoms with E-state index >= 15 is 0 Å². The number of esters is 1. The number of ether oxygens (including phenoxy) is 1. The molecule has 0 N–H and O–H groups in total. The summed E-state index contributed by atoms with van der Waals surface area (Å²) in [7, 11) is 0. The molecule has 0 heterocycles. The molecular formula is C14H26O2. The molecule has 0 radical (unpaired) electrons. The minimum absolute atomic E-state index is 0.268. The van der Waals surface area contributed by atoms with E-state index in [2.05, 4.69) is 27.4 Å². The summed E-state index contributed by atoms with van der Waals surface area (Å²) in [4.78, 5) is 11.2. The zero-order chi connectivity index (χ0) is 12.6. The van der Waals surface area contributed by atoms with E-state index in [-0.39, 0.29) is 11.4 Å². The SMILES string of the molecule is C=C(C)C(=O)OCCC(C)(C)CCCCC. The third kappa shape index (κ3) is 7.49. The summed E-state index contributed by atoms with van der Waals surface area (Å²) in [5, 5.41) is 0. The van der Waals surface area contributed by atoms with Gasteiger partial charge in [-0.25, -0.2) is 4.79 Å². The molecule has 16 heavy (non-hydrogen) atoms. The highest BCUT2D eigenvalue weighted by molar-refractivity contribution is 5.86. The predicted octanol–water partition coefficient (Wildman–Crippen LogP) is 4.10. The van der Waals surface area contributed by atoms with Gasteiger partial charge in [0.25, 0.3) is 0 Å². The first-order chi connectivity index (χ1) is 7.39. The molecular weight excluding hydrogens is 200 g/mol. The number of unbranched alkanes of at least 4 members (excludes halogenated alkanes) is 2. The molecule has 0 bridgehead atoms. The highest BCUT2D eigenvalue weighted by atomic mass is 16.5. The van der Waals surface area contributed by atoms with Crippen molar-refractivity contribution >= 4 is 5.97 Å². The number of carbonyl (C=O) groups is 1. The van der Waals surface area contributed by atoms with Gasteiger partial charge in [0.2, 0.25) is 0 Å². The molecule has 0 aliphatic rings. The number of rotatable bonds is 8. The van der Waals surface area contributed by atoms with Crippen molar-refractivity contribution in [3.05, 3.63) is 12.2 Å². The Bertz CT molecular complexity index is 229. The van der Waals surface area contributed by atoms with Crippen molar-refractivity contribution in [3.63, 3.8) is 0 Å². The molecule has 0 aromatic heterocycles. The van der Waals surface area contributed by atoms with Crippen LogP contribution < -0.4 is 0 Å². The summed E-state index contributed by atoms with van der Waals surface area (Å²) < 4.78 is 5.11. The highest BCUT2D eigenvalue weighted by Crippen LogP contribution is 2.27. The van der Waals surface area contributed by atoms with Crippen LogP contribution in [0.2, 0.25) is 0 Å². The smallest absolute Gasteiger partial charge is 0.333 e. The van der Waals surface area contributed by atoms with Crippen molar-refractivity contribution < 1.29 is 9.53 Å². The lowest BCUT2D eigenvalue weighted by Crippen LogP contribution is -2.16. The highest BCUT2D eigenvalue weighted by Gasteiger charge is 2.17. The van der Waals surface area contributed by atoms with E-state index in [4.69, 9.17) is 4.74 Å². The van der Waals surface area contributed by atoms with Gasteiger partial charge >= 0.3 is 5.97 Å². The molecule has 2 nitrogen and oxygen atoms in total. The van der Waals surface area contributed by atoms with Gasteiger partial charge in [0.15, 0.2) is 0 Å². The summed E-state index contributed by atoms with van der Waals surface area (Å²) in [6.07, 6.45) is 5.93. The fourth-order valence-corrected chi connectivity index (χ4v) is 1.52. The molecule has 0 atom stereocenters. The monoisotopic (exact) mass is 226 g/mol. The number of hydrogen-bond acceptors (Lipinski definition) is 2. The topological polar surface area (TPSA) is 26.3 Å². The second-order valence-corrected chi connectivity index (χ2v) is 5.29. The molecule has 94 valence electrons. The van der Waals surface area contributed by atoms with E-state index in [1.54, 1.807) is 6.92 Å². The quantitative estimate of drug-likeness (QED) is 0.354. The lowest BCUT2D eigenvalue weighted by atomic mass is 9.84. The van der Waals surface area contributed by atoms with Crippen LogP contribution in [0.5, 0.6) is 0 Å². The summed E-state index contributed by atoms with van der Waals surface area (Å²) in [6, 6.07) is 0. The van der Waals surface area contributed by atoms with Gasteiger partial charge in [0, 0.05) is 5.57 Å². The second kappa shape index (κ2) is 7.48. The third-order valence-electron chi connectivity index (χ3n) is 2.82. The minimum Gasteiger partial charge on any atom is -0.462 e. The van der Waals surface area contributed by atoms with Crippen molar-refractivity contribution in [1.29, 1.82) is 0 Å². The van der Waals surface area contributed by atoms with Crippen LogP contribution in [-0.4, -0.2) is 12.6 Å². The van der Waals surface area contributed by atoms with E-state index in [0.29, 0.717) is 12.2 Å². The van der Waals surface area contributed by atoms with Crippen LogP contribution in [0.3, 0.4) is 0 Å². The van der Waals surface area contributed by atoms with Crippen LogP contribution in [0.4, 0.5) is 0 Å². The molecule has 0 saturated carbocycles. The second-order valence-electron chi connectivity index (χ2n) is 5.29. The lowest BCUT2D eigenvalue weighted by Gasteiger charge is -2.24. The lowest BCUT2D eigenvalue weighted by molar-refractivity contribution is -0.139. The Kier molecular flexibility index (Phi) is 7.11. The average Bonchev–Trinajstić information content (AvgIpc) is 2.17. The molecule has 0 saturated heterocycles. The van der Waals surface area contributed by atoms with Crippen LogP contribution in [0, 0.1) is 5.41 Å². The van der Waals surface area contributed by atoms with Gasteiger partial charge < -0.3 is 4.74 Å². The van der Waals surface area contributed by atoms with Gasteiger partial charge in [-0.3, -0.25) is 0 Å². The van der Waals surface area contributed by atoms with Crippen LogP contribution in [-0.2, 0) is 9.53 Å². The van der Waals surface area contributed by atoms with E-state index in [1.165, 1.54) is 25.7 Å². The fourth-order valence-electron chi connectivity index (χ4n) is 1.52. The van der Waals surface area contributed by atoms with Crippen LogP contribution in [0.25, 0.3) is 0 Å². The maximum Gasteiger partial charge on any atom is 0.333 e. The van der Waals surface area contributed by atoms with E-state index in [0.717, 1.165) is 6.42 Å². The predicted molar refractivity (Wildman–Crippen MR) is 68.3 cm³/mol. The molecule has 0 aromatic carbocycles. The molecule has 0 unspecified atom stereocenters. The zero-order valence-electron chi connectivity index (χ0n) is 11.3. The molecule has 2 heteroatoms. The number of carbonyl (C=O) groups excluding carboxylic acids is 1. The average molecular weight is 226 g/mol. The Labute approximate surface area is 100 Å². The Morgan fingerprint density at radius 1 is 1.25 bits per heavy atom. The van der Waals surface area contributed by atoms with Gasteiger partial charge in [-0.05, 0) is 25.2 Å².